The van der Waals surface area contributed by atoms with Gasteiger partial charge in [-0.15, -0.1) is 0 Å². The van der Waals surface area contributed by atoms with E-state index in [9.17, 15) is 14.4 Å². The fourth-order valence-electron chi connectivity index (χ4n) is 3.13. The van der Waals surface area contributed by atoms with E-state index in [4.69, 9.17) is 14.2 Å². The molecule has 0 aromatic carbocycles. The summed E-state index contributed by atoms with van der Waals surface area (Å²) in [6, 6.07) is 0. The van der Waals surface area contributed by atoms with Crippen molar-refractivity contribution in [3.05, 3.63) is 35.5 Å². The first-order chi connectivity index (χ1) is 11.7. The van der Waals surface area contributed by atoms with E-state index in [1.54, 1.807) is 6.08 Å². The van der Waals surface area contributed by atoms with Gasteiger partial charge in [0.2, 0.25) is 0 Å². The van der Waals surface area contributed by atoms with Gasteiger partial charge in [-0.1, -0.05) is 12.7 Å². The lowest BCUT2D eigenvalue weighted by molar-refractivity contribution is -0.145. The van der Waals surface area contributed by atoms with Crippen LogP contribution < -0.4 is 0 Å². The summed E-state index contributed by atoms with van der Waals surface area (Å²) in [7, 11) is 0. The standard InChI is InChI=1S/C19H24O6/c1-10-6-7-16(23-13(4)20)11(2)8-18-15(12(3)19(22)25-18)9-17(10)24-14(5)21/h6,8,15-18H,3,7,9H2,1-2,4-5H3/b10-6+,11-8+/t15-,16-,17-,18+/m0/s1. The summed E-state index contributed by atoms with van der Waals surface area (Å²) in [4.78, 5) is 34.8. The lowest BCUT2D eigenvalue weighted by atomic mass is 9.86. The first-order valence-corrected chi connectivity index (χ1v) is 8.28. The highest BCUT2D eigenvalue weighted by molar-refractivity contribution is 5.91. The van der Waals surface area contributed by atoms with Gasteiger partial charge in [0.25, 0.3) is 0 Å². The lowest BCUT2D eigenvalue weighted by Gasteiger charge is -2.26. The molecular weight excluding hydrogens is 324 g/mol. The fourth-order valence-corrected chi connectivity index (χ4v) is 3.13. The van der Waals surface area contributed by atoms with Crippen molar-refractivity contribution in [2.45, 2.75) is 58.8 Å². The van der Waals surface area contributed by atoms with E-state index in [1.165, 1.54) is 13.8 Å². The fraction of sp³-hybridized carbons (Fsp3) is 0.526. The molecule has 25 heavy (non-hydrogen) atoms. The van der Waals surface area contributed by atoms with Crippen molar-refractivity contribution in [2.24, 2.45) is 5.92 Å². The van der Waals surface area contributed by atoms with Crippen molar-refractivity contribution in [1.29, 1.82) is 0 Å². The summed E-state index contributed by atoms with van der Waals surface area (Å²) < 4.78 is 16.2. The van der Waals surface area contributed by atoms with Crippen LogP contribution >= 0.6 is 0 Å². The predicted octanol–water partition coefficient (Wildman–Crippen LogP) is 2.63. The van der Waals surface area contributed by atoms with Gasteiger partial charge < -0.3 is 14.2 Å². The van der Waals surface area contributed by atoms with E-state index < -0.39 is 30.3 Å². The first kappa shape index (κ1) is 19.0. The Kier molecular flexibility index (Phi) is 5.82. The summed E-state index contributed by atoms with van der Waals surface area (Å²) >= 11 is 0. The van der Waals surface area contributed by atoms with Crippen LogP contribution in [-0.4, -0.2) is 36.2 Å². The Balaban J connectivity index is 2.41. The maximum atomic E-state index is 12.0. The molecule has 1 saturated heterocycles. The van der Waals surface area contributed by atoms with E-state index in [1.807, 2.05) is 19.9 Å². The molecule has 0 aromatic rings. The second-order valence-corrected chi connectivity index (χ2v) is 6.53. The summed E-state index contributed by atoms with van der Waals surface area (Å²) in [5.74, 6) is -1.54. The highest BCUT2D eigenvalue weighted by Crippen LogP contribution is 2.35. The average Bonchev–Trinajstić information content (AvgIpc) is 2.76. The number of hydrogen-bond donors (Lipinski definition) is 0. The smallest absolute Gasteiger partial charge is 0.334 e. The molecule has 6 heteroatoms. The number of esters is 3. The van der Waals surface area contributed by atoms with E-state index in [2.05, 4.69) is 6.58 Å². The highest BCUT2D eigenvalue weighted by Gasteiger charge is 2.40. The van der Waals surface area contributed by atoms with E-state index in [0.29, 0.717) is 18.4 Å². The molecular formula is C19H24O6. The summed E-state index contributed by atoms with van der Waals surface area (Å²) in [6.07, 6.45) is 3.11. The van der Waals surface area contributed by atoms with Crippen LogP contribution in [0, 0.1) is 5.92 Å². The second kappa shape index (κ2) is 7.68. The predicted molar refractivity (Wildman–Crippen MR) is 90.4 cm³/mol. The van der Waals surface area contributed by atoms with Crippen LogP contribution in [0.1, 0.15) is 40.5 Å². The van der Waals surface area contributed by atoms with Gasteiger partial charge in [-0.05, 0) is 37.5 Å². The average molecular weight is 348 g/mol. The normalized spacial score (nSPS) is 33.9. The van der Waals surface area contributed by atoms with Gasteiger partial charge in [-0.2, -0.15) is 0 Å². The monoisotopic (exact) mass is 348 g/mol. The van der Waals surface area contributed by atoms with Gasteiger partial charge in [-0.25, -0.2) is 4.79 Å². The van der Waals surface area contributed by atoms with Crippen LogP contribution in [0.25, 0.3) is 0 Å². The van der Waals surface area contributed by atoms with Crippen molar-refractivity contribution < 1.29 is 28.6 Å². The Morgan fingerprint density at radius 1 is 1.12 bits per heavy atom. The molecule has 136 valence electrons. The molecule has 0 spiro atoms. The molecule has 0 aromatic heterocycles. The molecule has 0 bridgehead atoms. The van der Waals surface area contributed by atoms with Gasteiger partial charge in [0.1, 0.15) is 18.3 Å². The number of fused-ring (bicyclic) bond motifs is 1. The van der Waals surface area contributed by atoms with Gasteiger partial charge >= 0.3 is 17.9 Å². The zero-order chi connectivity index (χ0) is 18.7. The number of rotatable bonds is 2. The minimum atomic E-state index is -0.512. The van der Waals surface area contributed by atoms with Crippen molar-refractivity contribution in [3.63, 3.8) is 0 Å². The molecule has 0 N–H and O–H groups in total. The van der Waals surface area contributed by atoms with Crippen LogP contribution in [0.3, 0.4) is 0 Å². The molecule has 0 saturated carbocycles. The molecule has 1 aliphatic heterocycles. The Morgan fingerprint density at radius 3 is 2.32 bits per heavy atom. The number of carbonyl (C=O) groups excluding carboxylic acids is 3. The summed E-state index contributed by atoms with van der Waals surface area (Å²) in [5.41, 5.74) is 2.01. The van der Waals surface area contributed by atoms with E-state index in [0.717, 1.165) is 11.1 Å². The van der Waals surface area contributed by atoms with Crippen LogP contribution in [-0.2, 0) is 28.6 Å². The molecule has 1 heterocycles. The summed E-state index contributed by atoms with van der Waals surface area (Å²) in [5, 5.41) is 0. The minimum absolute atomic E-state index is 0.300. The topological polar surface area (TPSA) is 78.9 Å². The zero-order valence-electron chi connectivity index (χ0n) is 15.0. The Morgan fingerprint density at radius 2 is 1.72 bits per heavy atom. The van der Waals surface area contributed by atoms with Crippen LogP contribution in [0.15, 0.2) is 35.5 Å². The molecule has 0 amide bonds. The minimum Gasteiger partial charge on any atom is -0.458 e. The van der Waals surface area contributed by atoms with Crippen LogP contribution in [0.5, 0.6) is 0 Å². The van der Waals surface area contributed by atoms with Gasteiger partial charge in [-0.3, -0.25) is 9.59 Å². The molecule has 2 rings (SSSR count). The van der Waals surface area contributed by atoms with Crippen LogP contribution in [0.4, 0.5) is 0 Å². The molecule has 4 atom stereocenters. The first-order valence-electron chi connectivity index (χ1n) is 8.28. The third kappa shape index (κ3) is 4.59. The van der Waals surface area contributed by atoms with E-state index in [-0.39, 0.29) is 11.9 Å². The van der Waals surface area contributed by atoms with Crippen molar-refractivity contribution in [3.8, 4) is 0 Å². The third-order valence-electron chi connectivity index (χ3n) is 4.53. The zero-order valence-corrected chi connectivity index (χ0v) is 15.0. The van der Waals surface area contributed by atoms with Gasteiger partial charge in [0, 0.05) is 31.8 Å². The largest absolute Gasteiger partial charge is 0.458 e. The maximum absolute atomic E-state index is 12.0. The Hall–Kier alpha value is -2.37. The Bertz CT molecular complexity index is 657. The van der Waals surface area contributed by atoms with Crippen molar-refractivity contribution >= 4 is 17.9 Å². The van der Waals surface area contributed by atoms with Crippen molar-refractivity contribution in [1.82, 2.24) is 0 Å². The molecule has 1 fully saturated rings. The molecule has 6 nitrogen and oxygen atoms in total. The molecule has 2 aliphatic rings. The van der Waals surface area contributed by atoms with E-state index >= 15 is 0 Å². The van der Waals surface area contributed by atoms with Crippen LogP contribution in [0.2, 0.25) is 0 Å². The van der Waals surface area contributed by atoms with Crippen molar-refractivity contribution in [2.75, 3.05) is 0 Å². The third-order valence-corrected chi connectivity index (χ3v) is 4.53. The van der Waals surface area contributed by atoms with Gasteiger partial charge in [0.05, 0.1) is 0 Å². The number of ether oxygens (including phenoxy) is 3. The lowest BCUT2D eigenvalue weighted by Crippen LogP contribution is -2.28. The molecule has 0 radical (unpaired) electrons. The summed E-state index contributed by atoms with van der Waals surface area (Å²) in [6.45, 7) is 10.2. The number of hydrogen-bond acceptors (Lipinski definition) is 6. The number of carbonyl (C=O) groups is 3. The Labute approximate surface area is 147 Å². The maximum Gasteiger partial charge on any atom is 0.334 e. The molecule has 0 unspecified atom stereocenters. The highest BCUT2D eigenvalue weighted by atomic mass is 16.6. The molecule has 1 aliphatic carbocycles. The van der Waals surface area contributed by atoms with Gasteiger partial charge in [0.15, 0.2) is 0 Å². The quantitative estimate of drug-likeness (QED) is 0.330. The second-order valence-electron chi connectivity index (χ2n) is 6.53. The SMILES string of the molecule is C=C1C(=O)O[C@@H]2/C=C(\C)[C@@H](OC(C)=O)C/C=C(\C)[C@@H](OC(C)=O)C[C@@H]12.